The maximum absolute atomic E-state index is 2.94. The fraction of sp³-hybridized carbons (Fsp3) is 0.500. The second kappa shape index (κ2) is 14.6. The van der Waals surface area contributed by atoms with Crippen LogP contribution in [0.1, 0.15) is 127 Å². The molecule has 6 unspecified atom stereocenters. The van der Waals surface area contributed by atoms with Crippen molar-refractivity contribution in [1.82, 2.24) is 4.90 Å². The second-order valence-electron chi connectivity index (χ2n) is 16.5. The smallest absolute Gasteiger partial charge is 0.0547 e. The fourth-order valence-corrected chi connectivity index (χ4v) is 11.1. The summed E-state index contributed by atoms with van der Waals surface area (Å²) in [5.41, 5.74) is 12.6. The molecule has 1 aromatic carbocycles. The quantitative estimate of drug-likeness (QED) is 0.268. The van der Waals surface area contributed by atoms with Crippen molar-refractivity contribution in [2.24, 2.45) is 11.8 Å². The van der Waals surface area contributed by atoms with E-state index in [0.29, 0.717) is 35.9 Å². The number of fused-ring (bicyclic) bond motifs is 3. The van der Waals surface area contributed by atoms with Gasteiger partial charge in [-0.25, -0.2) is 0 Å². The molecule has 1 saturated carbocycles. The third kappa shape index (κ3) is 6.31. The summed E-state index contributed by atoms with van der Waals surface area (Å²) in [4.78, 5) is 5.82. The van der Waals surface area contributed by atoms with Crippen LogP contribution in [0.5, 0.6) is 0 Å². The van der Waals surface area contributed by atoms with Gasteiger partial charge in [0.05, 0.1) is 6.04 Å². The summed E-state index contributed by atoms with van der Waals surface area (Å²) < 4.78 is 0. The highest BCUT2D eigenvalue weighted by Crippen LogP contribution is 2.51. The number of hydrogen-bond donors (Lipinski definition) is 0. The molecule has 1 saturated heterocycles. The molecule has 6 atom stereocenters. The van der Waals surface area contributed by atoms with Crippen LogP contribution < -0.4 is 4.90 Å². The van der Waals surface area contributed by atoms with Crippen molar-refractivity contribution in [3.63, 3.8) is 0 Å². The van der Waals surface area contributed by atoms with E-state index in [2.05, 4.69) is 107 Å². The first-order chi connectivity index (χ1) is 24.8. The van der Waals surface area contributed by atoms with Gasteiger partial charge in [-0.15, -0.1) is 0 Å². The number of anilines is 1. The van der Waals surface area contributed by atoms with E-state index in [1.807, 2.05) is 0 Å². The molecule has 0 radical (unpaired) electrons. The van der Waals surface area contributed by atoms with Crippen molar-refractivity contribution in [3.8, 4) is 0 Å². The molecule has 9 rings (SSSR count). The summed E-state index contributed by atoms with van der Waals surface area (Å²) in [6.07, 6.45) is 52.5. The minimum atomic E-state index is 0.494. The summed E-state index contributed by atoms with van der Waals surface area (Å²) >= 11 is 0. The number of allylic oxidation sites excluding steroid dienone is 16. The van der Waals surface area contributed by atoms with Crippen molar-refractivity contribution in [3.05, 3.63) is 136 Å². The molecule has 0 aromatic heterocycles. The lowest BCUT2D eigenvalue weighted by Gasteiger charge is -2.47. The van der Waals surface area contributed by atoms with Crippen molar-refractivity contribution in [1.29, 1.82) is 0 Å². The summed E-state index contributed by atoms with van der Waals surface area (Å²) in [5.74, 6) is 1.83. The van der Waals surface area contributed by atoms with E-state index in [9.17, 15) is 0 Å². The van der Waals surface area contributed by atoms with E-state index in [1.165, 1.54) is 120 Å². The fourth-order valence-electron chi connectivity index (χ4n) is 11.1. The highest BCUT2D eigenvalue weighted by Gasteiger charge is 2.51. The van der Waals surface area contributed by atoms with Gasteiger partial charge >= 0.3 is 0 Å². The van der Waals surface area contributed by atoms with E-state index in [4.69, 9.17) is 0 Å². The summed E-state index contributed by atoms with van der Waals surface area (Å²) in [7, 11) is 0. The van der Waals surface area contributed by atoms with Gasteiger partial charge in [0.15, 0.2) is 0 Å². The first-order valence-corrected chi connectivity index (χ1v) is 20.7. The lowest BCUT2D eigenvalue weighted by molar-refractivity contribution is 0.171. The lowest BCUT2D eigenvalue weighted by Crippen LogP contribution is -2.49. The Hall–Kier alpha value is -3.52. The minimum absolute atomic E-state index is 0.494. The number of benzene rings is 1. The van der Waals surface area contributed by atoms with Crippen LogP contribution in [0, 0.1) is 11.8 Å². The van der Waals surface area contributed by atoms with Gasteiger partial charge in [-0.3, -0.25) is 0 Å². The Bertz CT molecular complexity index is 1700. The number of hydrogen-bond acceptors (Lipinski definition) is 2. The van der Waals surface area contributed by atoms with Gasteiger partial charge in [0.1, 0.15) is 0 Å². The molecular weight excluding hydrogens is 605 g/mol. The number of rotatable bonds is 7. The highest BCUT2D eigenvalue weighted by atomic mass is 15.3. The Labute approximate surface area is 302 Å². The molecule has 1 heterocycles. The van der Waals surface area contributed by atoms with Crippen molar-refractivity contribution in [2.45, 2.75) is 140 Å². The SMILES string of the molecule is C1=CCC2C(=C1)C1C(N(C3=CCCCC3)C3=CC=C(C4C=CC(C5=CCCCC5)=CC4)CC3)CCCC1N2c1ccc(C2CC=CCC2)cc1. The first-order valence-electron chi connectivity index (χ1n) is 20.7. The largest absolute Gasteiger partial charge is 0.361 e. The van der Waals surface area contributed by atoms with Crippen LogP contribution in [0.25, 0.3) is 0 Å². The molecule has 0 N–H and O–H groups in total. The molecule has 2 fully saturated rings. The maximum atomic E-state index is 2.94. The maximum Gasteiger partial charge on any atom is 0.0547 e. The van der Waals surface area contributed by atoms with Crippen LogP contribution in [-0.4, -0.2) is 23.0 Å². The standard InChI is InChI=1S/C48H58N2/c1-4-13-35(14-5-1)37-23-25-38(26-24-37)40-27-31-42(32-28-40)49(41-17-8-3-9-18-41)46-21-12-22-47-48(46)44-19-10-11-20-45(44)50(47)43-33-29-39(30-34-43)36-15-6-2-7-16-36/h2,6,10-11,13,17,19,23-25,27,29-31,33-34,36,38,45-48H,1,3-5,7-9,12,14-16,18,20-22,26,28,32H2. The van der Waals surface area contributed by atoms with Gasteiger partial charge in [-0.1, -0.05) is 84.5 Å². The third-order valence-electron chi connectivity index (χ3n) is 13.6. The van der Waals surface area contributed by atoms with Crippen LogP contribution >= 0.6 is 0 Å². The van der Waals surface area contributed by atoms with Gasteiger partial charge in [0, 0.05) is 41.0 Å². The summed E-state index contributed by atoms with van der Waals surface area (Å²) in [6.45, 7) is 0. The van der Waals surface area contributed by atoms with Gasteiger partial charge in [0.2, 0.25) is 0 Å². The Morgan fingerprint density at radius 1 is 0.660 bits per heavy atom. The normalized spacial score (nSPS) is 32.2. The molecule has 8 aliphatic rings. The van der Waals surface area contributed by atoms with Gasteiger partial charge in [0.25, 0.3) is 0 Å². The van der Waals surface area contributed by atoms with Crippen molar-refractivity contribution < 1.29 is 0 Å². The predicted molar refractivity (Wildman–Crippen MR) is 211 cm³/mol. The Morgan fingerprint density at radius 2 is 1.56 bits per heavy atom. The highest BCUT2D eigenvalue weighted by molar-refractivity contribution is 5.58. The molecule has 7 aliphatic carbocycles. The van der Waals surface area contributed by atoms with Gasteiger partial charge in [-0.2, -0.15) is 0 Å². The summed E-state index contributed by atoms with van der Waals surface area (Å²) in [6, 6.07) is 11.5. The van der Waals surface area contributed by atoms with Crippen molar-refractivity contribution >= 4 is 5.69 Å². The van der Waals surface area contributed by atoms with E-state index < -0.39 is 0 Å². The van der Waals surface area contributed by atoms with E-state index in [-0.39, 0.29) is 0 Å². The van der Waals surface area contributed by atoms with Crippen LogP contribution in [0.3, 0.4) is 0 Å². The molecule has 1 aromatic rings. The second-order valence-corrected chi connectivity index (χ2v) is 16.5. The lowest BCUT2D eigenvalue weighted by atomic mass is 9.75. The molecule has 50 heavy (non-hydrogen) atoms. The molecule has 0 spiro atoms. The zero-order valence-corrected chi connectivity index (χ0v) is 30.3. The molecule has 0 bridgehead atoms. The molecule has 0 amide bonds. The van der Waals surface area contributed by atoms with Gasteiger partial charge in [-0.05, 0) is 162 Å². The van der Waals surface area contributed by atoms with Crippen LogP contribution in [-0.2, 0) is 0 Å². The molecule has 260 valence electrons. The monoisotopic (exact) mass is 662 g/mol. The minimum Gasteiger partial charge on any atom is -0.361 e. The van der Waals surface area contributed by atoms with E-state index in [1.54, 1.807) is 28.1 Å². The molecule has 2 heteroatoms. The van der Waals surface area contributed by atoms with E-state index >= 15 is 0 Å². The zero-order chi connectivity index (χ0) is 33.3. The first kappa shape index (κ1) is 32.4. The zero-order valence-electron chi connectivity index (χ0n) is 30.3. The van der Waals surface area contributed by atoms with Gasteiger partial charge < -0.3 is 9.80 Å². The van der Waals surface area contributed by atoms with Crippen LogP contribution in [0.15, 0.2) is 131 Å². The Morgan fingerprint density at radius 3 is 2.30 bits per heavy atom. The molecular formula is C48H58N2. The Kier molecular flexibility index (Phi) is 9.46. The third-order valence-corrected chi connectivity index (χ3v) is 13.6. The molecule has 2 nitrogen and oxygen atoms in total. The Balaban J connectivity index is 0.996. The number of nitrogens with zero attached hydrogens (tertiary/aromatic N) is 2. The molecule has 1 aliphatic heterocycles. The average molecular weight is 663 g/mol. The van der Waals surface area contributed by atoms with Crippen LogP contribution in [0.4, 0.5) is 5.69 Å². The predicted octanol–water partition coefficient (Wildman–Crippen LogP) is 12.5. The van der Waals surface area contributed by atoms with Crippen LogP contribution in [0.2, 0.25) is 0 Å². The average Bonchev–Trinajstić information content (AvgIpc) is 3.55. The van der Waals surface area contributed by atoms with Crippen molar-refractivity contribution in [2.75, 3.05) is 4.90 Å². The summed E-state index contributed by atoms with van der Waals surface area (Å²) in [5, 5.41) is 0. The topological polar surface area (TPSA) is 6.48 Å². The van der Waals surface area contributed by atoms with E-state index in [0.717, 1.165) is 12.8 Å².